The van der Waals surface area contributed by atoms with Gasteiger partial charge in [-0.3, -0.25) is 9.48 Å². The molecule has 0 spiro atoms. The van der Waals surface area contributed by atoms with Crippen molar-refractivity contribution in [2.75, 3.05) is 18.1 Å². The number of aryl methyl sites for hydroxylation is 1. The van der Waals surface area contributed by atoms with Gasteiger partial charge in [0.2, 0.25) is 5.82 Å². The van der Waals surface area contributed by atoms with Crippen LogP contribution < -0.4 is 10.5 Å². The number of halogens is 1. The molecular weight excluding hydrogens is 411 g/mol. The molecule has 1 aliphatic rings. The first-order valence-electron chi connectivity index (χ1n) is 10.1. The van der Waals surface area contributed by atoms with Crippen LogP contribution in [0, 0.1) is 11.7 Å². The summed E-state index contributed by atoms with van der Waals surface area (Å²) in [5.74, 6) is -0.744. The van der Waals surface area contributed by atoms with E-state index in [4.69, 9.17) is 10.5 Å². The van der Waals surface area contributed by atoms with E-state index in [0.29, 0.717) is 31.9 Å². The average Bonchev–Trinajstić information content (AvgIpc) is 3.39. The Morgan fingerprint density at radius 1 is 1.37 bits per heavy atom. The van der Waals surface area contributed by atoms with Gasteiger partial charge in [-0.2, -0.15) is 0 Å². The third-order valence-electron chi connectivity index (χ3n) is 5.05. The summed E-state index contributed by atoms with van der Waals surface area (Å²) in [6, 6.07) is 4.55. The molecule has 2 aromatic rings. The van der Waals surface area contributed by atoms with E-state index < -0.39 is 21.6 Å². The van der Waals surface area contributed by atoms with Crippen molar-refractivity contribution < 1.29 is 22.3 Å². The van der Waals surface area contributed by atoms with Gasteiger partial charge in [-0.25, -0.2) is 17.8 Å². The van der Waals surface area contributed by atoms with Crippen molar-refractivity contribution in [1.29, 1.82) is 0 Å². The third kappa shape index (κ3) is 6.51. The lowest BCUT2D eigenvalue weighted by molar-refractivity contribution is 0.0990. The Hall–Kier alpha value is -2.49. The maximum atomic E-state index is 14.0. The number of rotatable bonds is 12. The van der Waals surface area contributed by atoms with Crippen molar-refractivity contribution in [3.63, 3.8) is 0 Å². The first-order chi connectivity index (χ1) is 14.2. The Kier molecular flexibility index (Phi) is 7.06. The second-order valence-corrected chi connectivity index (χ2v) is 10.1. The molecule has 2 N–H and O–H groups in total. The maximum Gasteiger partial charge on any atom is 0.288 e. The molecule has 1 aromatic heterocycles. The summed E-state index contributed by atoms with van der Waals surface area (Å²) in [6.07, 6.45) is 4.65. The minimum Gasteiger partial charge on any atom is -0.490 e. The zero-order chi connectivity index (χ0) is 21.7. The Morgan fingerprint density at radius 2 is 2.13 bits per heavy atom. The highest BCUT2D eigenvalue weighted by molar-refractivity contribution is 7.91. The zero-order valence-corrected chi connectivity index (χ0v) is 17.8. The van der Waals surface area contributed by atoms with Crippen LogP contribution in [-0.2, 0) is 16.4 Å². The van der Waals surface area contributed by atoms with E-state index in [9.17, 15) is 17.6 Å². The summed E-state index contributed by atoms with van der Waals surface area (Å²) in [5.41, 5.74) is 5.84. The SMILES string of the molecule is C[C@@H](CS(=O)(=O)CCCCn1cnc(C(N)=O)n1)c1ccc(F)c(OCC2CC2)c1. The lowest BCUT2D eigenvalue weighted by Gasteiger charge is -2.15. The van der Waals surface area contributed by atoms with Crippen LogP contribution in [0.5, 0.6) is 5.75 Å². The van der Waals surface area contributed by atoms with E-state index in [-0.39, 0.29) is 29.0 Å². The molecule has 1 atom stereocenters. The number of nitrogens with zero attached hydrogens (tertiary/aromatic N) is 3. The number of amides is 1. The number of nitrogens with two attached hydrogens (primary N) is 1. The zero-order valence-electron chi connectivity index (χ0n) is 17.0. The number of hydrogen-bond donors (Lipinski definition) is 1. The largest absolute Gasteiger partial charge is 0.490 e. The monoisotopic (exact) mass is 438 g/mol. The highest BCUT2D eigenvalue weighted by Crippen LogP contribution is 2.31. The fraction of sp³-hybridized carbons (Fsp3) is 0.550. The van der Waals surface area contributed by atoms with E-state index >= 15 is 0 Å². The topological polar surface area (TPSA) is 117 Å². The molecule has 0 radical (unpaired) electrons. The quantitative estimate of drug-likeness (QED) is 0.508. The number of unbranched alkanes of at least 4 members (excludes halogenated alkanes) is 1. The number of sulfone groups is 1. The van der Waals surface area contributed by atoms with E-state index in [0.717, 1.165) is 18.4 Å². The molecule has 1 fully saturated rings. The third-order valence-corrected chi connectivity index (χ3v) is 6.97. The normalized spacial score (nSPS) is 15.1. The molecule has 0 aliphatic heterocycles. The summed E-state index contributed by atoms with van der Waals surface area (Å²) in [5, 5.41) is 3.92. The summed E-state index contributed by atoms with van der Waals surface area (Å²) in [7, 11) is -3.28. The van der Waals surface area contributed by atoms with Gasteiger partial charge in [0.1, 0.15) is 6.33 Å². The highest BCUT2D eigenvalue weighted by Gasteiger charge is 2.23. The van der Waals surface area contributed by atoms with Crippen LogP contribution in [0.2, 0.25) is 0 Å². The predicted molar refractivity (Wildman–Crippen MR) is 109 cm³/mol. The minimum absolute atomic E-state index is 0.0180. The van der Waals surface area contributed by atoms with E-state index in [1.807, 2.05) is 6.92 Å². The molecule has 1 saturated carbocycles. The maximum absolute atomic E-state index is 14.0. The molecular formula is C20H27FN4O4S. The van der Waals surface area contributed by atoms with Gasteiger partial charge < -0.3 is 10.5 Å². The van der Waals surface area contributed by atoms with Crippen LogP contribution in [0.25, 0.3) is 0 Å². The highest BCUT2D eigenvalue weighted by atomic mass is 32.2. The van der Waals surface area contributed by atoms with Crippen LogP contribution in [-0.4, -0.2) is 47.2 Å². The Morgan fingerprint density at radius 3 is 2.80 bits per heavy atom. The van der Waals surface area contributed by atoms with E-state index in [1.165, 1.54) is 17.1 Å². The van der Waals surface area contributed by atoms with Gasteiger partial charge in [-0.05, 0) is 55.2 Å². The van der Waals surface area contributed by atoms with Crippen molar-refractivity contribution in [1.82, 2.24) is 14.8 Å². The van der Waals surface area contributed by atoms with Crippen molar-refractivity contribution in [2.45, 2.75) is 45.1 Å². The van der Waals surface area contributed by atoms with Crippen molar-refractivity contribution >= 4 is 15.7 Å². The van der Waals surface area contributed by atoms with Gasteiger partial charge in [0, 0.05) is 6.54 Å². The number of primary amides is 1. The Labute approximate surface area is 175 Å². The number of carbonyl (C=O) groups excluding carboxylic acids is 1. The lowest BCUT2D eigenvalue weighted by atomic mass is 10.0. The van der Waals surface area contributed by atoms with Crippen LogP contribution in [0.15, 0.2) is 24.5 Å². The molecule has 30 heavy (non-hydrogen) atoms. The molecule has 8 nitrogen and oxygen atoms in total. The summed E-state index contributed by atoms with van der Waals surface area (Å²) >= 11 is 0. The smallest absolute Gasteiger partial charge is 0.288 e. The molecule has 0 unspecified atom stereocenters. The summed E-state index contributed by atoms with van der Waals surface area (Å²) in [6.45, 7) is 2.76. The first-order valence-corrected chi connectivity index (χ1v) is 11.9. The van der Waals surface area contributed by atoms with Gasteiger partial charge >= 0.3 is 0 Å². The van der Waals surface area contributed by atoms with Crippen LogP contribution in [0.3, 0.4) is 0 Å². The van der Waals surface area contributed by atoms with Gasteiger partial charge in [-0.1, -0.05) is 13.0 Å². The van der Waals surface area contributed by atoms with Crippen molar-refractivity contribution in [3.05, 3.63) is 41.7 Å². The second-order valence-electron chi connectivity index (χ2n) is 7.86. The molecule has 0 bridgehead atoms. The van der Waals surface area contributed by atoms with Crippen LogP contribution in [0.4, 0.5) is 4.39 Å². The Balaban J connectivity index is 1.47. The molecule has 0 saturated heterocycles. The first kappa shape index (κ1) is 22.2. The molecule has 3 rings (SSSR count). The summed E-state index contributed by atoms with van der Waals surface area (Å²) < 4.78 is 46.0. The van der Waals surface area contributed by atoms with E-state index in [2.05, 4.69) is 10.1 Å². The minimum atomic E-state index is -3.28. The second kappa shape index (κ2) is 9.55. The van der Waals surface area contributed by atoms with Crippen molar-refractivity contribution in [2.24, 2.45) is 11.7 Å². The number of carbonyl (C=O) groups is 1. The lowest BCUT2D eigenvalue weighted by Crippen LogP contribution is -2.17. The van der Waals surface area contributed by atoms with Gasteiger partial charge in [0.05, 0.1) is 18.1 Å². The fourth-order valence-corrected chi connectivity index (χ4v) is 4.87. The van der Waals surface area contributed by atoms with Gasteiger partial charge in [0.15, 0.2) is 21.4 Å². The molecule has 1 amide bonds. The Bertz CT molecular complexity index is 988. The van der Waals surface area contributed by atoms with Crippen molar-refractivity contribution in [3.8, 4) is 5.75 Å². The number of aromatic nitrogens is 3. The fourth-order valence-electron chi connectivity index (χ4n) is 3.10. The molecule has 1 aliphatic carbocycles. The molecule has 164 valence electrons. The molecule has 10 heteroatoms. The summed E-state index contributed by atoms with van der Waals surface area (Å²) in [4.78, 5) is 14.8. The predicted octanol–water partition coefficient (Wildman–Crippen LogP) is 2.30. The van der Waals surface area contributed by atoms with Crippen LogP contribution in [0.1, 0.15) is 54.7 Å². The average molecular weight is 439 g/mol. The van der Waals surface area contributed by atoms with Crippen LogP contribution >= 0.6 is 0 Å². The number of benzene rings is 1. The number of ether oxygens (including phenoxy) is 1. The molecule has 1 heterocycles. The van der Waals surface area contributed by atoms with Gasteiger partial charge in [0.25, 0.3) is 5.91 Å². The number of hydrogen-bond acceptors (Lipinski definition) is 6. The van der Waals surface area contributed by atoms with E-state index in [1.54, 1.807) is 12.1 Å². The molecule has 1 aromatic carbocycles. The standard InChI is InChI=1S/C20H27FN4O4S/c1-14(16-6-7-17(21)18(10-16)29-11-15-4-5-15)12-30(27,28)9-3-2-8-25-13-23-20(24-25)19(22)26/h6-7,10,13-15H,2-5,8-9,11-12H2,1H3,(H2,22,26)/t14-/m0/s1. The van der Waals surface area contributed by atoms with Gasteiger partial charge in [-0.15, -0.1) is 5.10 Å².